The monoisotopic (exact) mass is 650 g/mol. The fourth-order valence-electron chi connectivity index (χ4n) is 5.81. The first-order chi connectivity index (χ1) is 21.4. The molecule has 0 spiro atoms. The number of rotatable bonds is 9. The number of halogens is 1. The minimum absolute atomic E-state index is 0.151. The lowest BCUT2D eigenvalue weighted by Gasteiger charge is -2.36. The van der Waals surface area contributed by atoms with Gasteiger partial charge in [0.2, 0.25) is 11.8 Å². The fraction of sp³-hybridized carbons (Fsp3) is 0.312. The Bertz CT molecular complexity index is 1850. The average molecular weight is 651 g/mol. The number of fused-ring (bicyclic) bond motifs is 1. The minimum Gasteiger partial charge on any atom is -0.368 e. The molecule has 2 heterocycles. The standard InChI is InChI=1S/C32H35ClN6O5S/c1-20-14-15-38(27(31(34)41)17-23-10-6-9-22-8-4-5-13-26(22)23)32(42)30(24-11-7-12-25(33)16-24)39(20)29(40)18-35-45(43,44)28-19-37(3)21(2)36-28/h4-13,16,19-20,27,30,35H,14-15,17-18H2,1-3H3,(H2,34,41)/t20-,27-,30+/m1/s1. The highest BCUT2D eigenvalue weighted by molar-refractivity contribution is 7.89. The number of hydrogen-bond acceptors (Lipinski definition) is 6. The molecule has 0 unspecified atom stereocenters. The molecule has 0 radical (unpaired) electrons. The first kappa shape index (κ1) is 32.1. The fourth-order valence-corrected chi connectivity index (χ4v) is 7.02. The number of carbonyl (C=O) groups is 3. The van der Waals surface area contributed by atoms with Crippen LogP contribution in [0.4, 0.5) is 0 Å². The van der Waals surface area contributed by atoms with Gasteiger partial charge < -0.3 is 20.1 Å². The van der Waals surface area contributed by atoms with E-state index in [-0.39, 0.29) is 18.0 Å². The van der Waals surface area contributed by atoms with E-state index in [4.69, 9.17) is 17.3 Å². The number of sulfonamides is 1. The third-order valence-corrected chi connectivity index (χ3v) is 9.79. The van der Waals surface area contributed by atoms with Crippen molar-refractivity contribution in [1.29, 1.82) is 0 Å². The van der Waals surface area contributed by atoms with Gasteiger partial charge in [-0.3, -0.25) is 14.4 Å². The molecule has 1 aliphatic rings. The number of primary amides is 1. The third kappa shape index (κ3) is 6.73. The lowest BCUT2D eigenvalue weighted by molar-refractivity contribution is -0.148. The highest BCUT2D eigenvalue weighted by atomic mass is 35.5. The number of amides is 3. The van der Waals surface area contributed by atoms with Gasteiger partial charge in [-0.05, 0) is 54.3 Å². The van der Waals surface area contributed by atoms with Crippen molar-refractivity contribution in [2.24, 2.45) is 12.8 Å². The van der Waals surface area contributed by atoms with Crippen LogP contribution in [0.25, 0.3) is 10.8 Å². The van der Waals surface area contributed by atoms with E-state index in [1.54, 1.807) is 49.7 Å². The molecule has 1 fully saturated rings. The first-order valence-corrected chi connectivity index (χ1v) is 16.4. The number of nitrogens with zero attached hydrogens (tertiary/aromatic N) is 4. The largest absolute Gasteiger partial charge is 0.368 e. The van der Waals surface area contributed by atoms with E-state index in [2.05, 4.69) is 9.71 Å². The Morgan fingerprint density at radius 1 is 1.11 bits per heavy atom. The summed E-state index contributed by atoms with van der Waals surface area (Å²) in [6.45, 7) is 2.99. The van der Waals surface area contributed by atoms with Gasteiger partial charge in [-0.25, -0.2) is 18.1 Å². The maximum atomic E-state index is 14.5. The topological polar surface area (TPSA) is 148 Å². The van der Waals surface area contributed by atoms with Crippen LogP contribution in [0.5, 0.6) is 0 Å². The van der Waals surface area contributed by atoms with Gasteiger partial charge in [0.25, 0.3) is 15.9 Å². The van der Waals surface area contributed by atoms with Crippen molar-refractivity contribution in [2.75, 3.05) is 13.1 Å². The summed E-state index contributed by atoms with van der Waals surface area (Å²) in [7, 11) is -2.46. The normalized spacial score (nSPS) is 18.2. The number of benzene rings is 3. The van der Waals surface area contributed by atoms with Crippen molar-refractivity contribution in [3.8, 4) is 0 Å². The molecule has 1 aliphatic heterocycles. The van der Waals surface area contributed by atoms with Gasteiger partial charge in [0.15, 0.2) is 5.03 Å². The van der Waals surface area contributed by atoms with Crippen LogP contribution in [0.15, 0.2) is 78.0 Å². The maximum absolute atomic E-state index is 14.5. The predicted octanol–water partition coefficient (Wildman–Crippen LogP) is 3.10. The van der Waals surface area contributed by atoms with Crippen LogP contribution in [0.1, 0.15) is 36.3 Å². The molecular formula is C32H35ClN6O5S. The second-order valence-corrected chi connectivity index (χ2v) is 13.4. The Kier molecular flexibility index (Phi) is 9.28. The molecule has 0 saturated carbocycles. The van der Waals surface area contributed by atoms with Crippen LogP contribution in [0.3, 0.4) is 0 Å². The van der Waals surface area contributed by atoms with Crippen molar-refractivity contribution in [3.05, 3.63) is 94.9 Å². The number of carbonyl (C=O) groups excluding carboxylic acids is 3. The van der Waals surface area contributed by atoms with Crippen molar-refractivity contribution in [1.82, 2.24) is 24.1 Å². The summed E-state index contributed by atoms with van der Waals surface area (Å²) < 4.78 is 29.8. The lowest BCUT2D eigenvalue weighted by Crippen LogP contribution is -2.53. The molecule has 3 N–H and O–H groups in total. The second-order valence-electron chi connectivity index (χ2n) is 11.3. The summed E-state index contributed by atoms with van der Waals surface area (Å²) in [5, 5.41) is 2.07. The van der Waals surface area contributed by atoms with Gasteiger partial charge in [0, 0.05) is 37.3 Å². The zero-order valence-electron chi connectivity index (χ0n) is 25.2. The van der Waals surface area contributed by atoms with Crippen molar-refractivity contribution in [3.63, 3.8) is 0 Å². The highest BCUT2D eigenvalue weighted by Gasteiger charge is 2.43. The van der Waals surface area contributed by atoms with E-state index < -0.39 is 52.4 Å². The number of nitrogens with one attached hydrogen (secondary N) is 1. The minimum atomic E-state index is -4.12. The predicted molar refractivity (Wildman–Crippen MR) is 171 cm³/mol. The molecule has 45 heavy (non-hydrogen) atoms. The number of nitrogens with two attached hydrogens (primary N) is 1. The molecule has 5 rings (SSSR count). The number of aryl methyl sites for hydroxylation is 2. The lowest BCUT2D eigenvalue weighted by atomic mass is 9.96. The number of imidazole rings is 1. The molecule has 3 aromatic carbocycles. The Morgan fingerprint density at radius 3 is 2.51 bits per heavy atom. The van der Waals surface area contributed by atoms with Crippen molar-refractivity contribution in [2.45, 2.75) is 49.8 Å². The maximum Gasteiger partial charge on any atom is 0.260 e. The van der Waals surface area contributed by atoms with E-state index in [0.29, 0.717) is 22.8 Å². The van der Waals surface area contributed by atoms with Gasteiger partial charge >= 0.3 is 0 Å². The molecule has 236 valence electrons. The molecule has 1 saturated heterocycles. The molecule has 4 aromatic rings. The Labute approximate surface area is 267 Å². The van der Waals surface area contributed by atoms with E-state index in [9.17, 15) is 22.8 Å². The van der Waals surface area contributed by atoms with Crippen molar-refractivity contribution >= 4 is 50.1 Å². The van der Waals surface area contributed by atoms with Gasteiger partial charge in [-0.1, -0.05) is 66.2 Å². The molecule has 1 aromatic heterocycles. The van der Waals surface area contributed by atoms with Crippen LogP contribution >= 0.6 is 11.6 Å². The number of aromatic nitrogens is 2. The zero-order valence-corrected chi connectivity index (χ0v) is 26.8. The molecule has 3 amide bonds. The Hall–Kier alpha value is -4.26. The molecule has 0 aliphatic carbocycles. The quantitative estimate of drug-likeness (QED) is 0.285. The van der Waals surface area contributed by atoms with Gasteiger partial charge in [0.1, 0.15) is 17.9 Å². The van der Waals surface area contributed by atoms with Crippen LogP contribution < -0.4 is 10.5 Å². The Balaban J connectivity index is 1.49. The van der Waals surface area contributed by atoms with E-state index in [1.165, 1.54) is 16.0 Å². The summed E-state index contributed by atoms with van der Waals surface area (Å²) >= 11 is 6.33. The smallest absolute Gasteiger partial charge is 0.260 e. The number of hydrogen-bond donors (Lipinski definition) is 2. The average Bonchev–Trinajstić information content (AvgIpc) is 3.29. The summed E-state index contributed by atoms with van der Waals surface area (Å²) in [5.41, 5.74) is 7.24. The second kappa shape index (κ2) is 13.0. The third-order valence-electron chi connectivity index (χ3n) is 8.28. The van der Waals surface area contributed by atoms with E-state index >= 15 is 0 Å². The van der Waals surface area contributed by atoms with Gasteiger partial charge in [-0.2, -0.15) is 0 Å². The van der Waals surface area contributed by atoms with Gasteiger partial charge in [0.05, 0.1) is 6.54 Å². The summed E-state index contributed by atoms with van der Waals surface area (Å²) in [6.07, 6.45) is 1.85. The molecule has 0 bridgehead atoms. The SMILES string of the molecule is Cc1nc(S(=O)(=O)NCC(=O)N2[C@H](C)CCN([C@H](Cc3cccc4ccccc34)C(N)=O)C(=O)[C@@H]2c2cccc(Cl)c2)cn1C. The van der Waals surface area contributed by atoms with E-state index in [1.807, 2.05) is 42.5 Å². The first-order valence-electron chi connectivity index (χ1n) is 14.5. The Morgan fingerprint density at radius 2 is 1.82 bits per heavy atom. The van der Waals surface area contributed by atoms with Crippen LogP contribution in [0, 0.1) is 6.92 Å². The van der Waals surface area contributed by atoms with Crippen LogP contribution in [-0.2, 0) is 37.9 Å². The van der Waals surface area contributed by atoms with Crippen LogP contribution in [-0.4, -0.2) is 70.7 Å². The molecular weight excluding hydrogens is 616 g/mol. The van der Waals surface area contributed by atoms with Gasteiger partial charge in [-0.15, -0.1) is 0 Å². The zero-order chi connectivity index (χ0) is 32.5. The van der Waals surface area contributed by atoms with Crippen molar-refractivity contribution < 1.29 is 22.8 Å². The summed E-state index contributed by atoms with van der Waals surface area (Å²) in [4.78, 5) is 48.2. The summed E-state index contributed by atoms with van der Waals surface area (Å²) in [6, 6.07) is 17.4. The molecule has 11 nitrogen and oxygen atoms in total. The van der Waals surface area contributed by atoms with Crippen LogP contribution in [0.2, 0.25) is 5.02 Å². The molecule has 13 heteroatoms. The molecule has 3 atom stereocenters. The van der Waals surface area contributed by atoms with E-state index in [0.717, 1.165) is 16.3 Å². The highest BCUT2D eigenvalue weighted by Crippen LogP contribution is 2.33. The summed E-state index contributed by atoms with van der Waals surface area (Å²) in [5.74, 6) is -1.32.